The van der Waals surface area contributed by atoms with Crippen LogP contribution in [0.4, 0.5) is 28.0 Å². The molecule has 13 heteroatoms. The number of H-pyrrole nitrogens is 1. The van der Waals surface area contributed by atoms with Crippen molar-refractivity contribution in [3.8, 4) is 11.5 Å². The molecule has 2 atom stereocenters. The molecule has 1 amide bonds. The van der Waals surface area contributed by atoms with Crippen LogP contribution in [0.25, 0.3) is 11.5 Å². The van der Waals surface area contributed by atoms with Crippen molar-refractivity contribution in [2.75, 3.05) is 18.4 Å². The normalized spacial score (nSPS) is 23.6. The number of alkyl halides is 5. The van der Waals surface area contributed by atoms with Crippen molar-refractivity contribution < 1.29 is 31.2 Å². The van der Waals surface area contributed by atoms with E-state index < -0.39 is 40.7 Å². The fraction of sp³-hybridized carbons (Fsp3) is 0.529. The van der Waals surface area contributed by atoms with Gasteiger partial charge in [0.2, 0.25) is 5.91 Å². The number of hydrogen-bond donors (Lipinski definition) is 2. The first-order valence-corrected chi connectivity index (χ1v) is 8.99. The number of halogens is 5. The lowest BCUT2D eigenvalue weighted by atomic mass is 10.1. The number of likely N-dealkylation sites (tertiary alicyclic amines) is 1. The third-order valence-electron chi connectivity index (χ3n) is 5.46. The number of carbonyl (C=O) groups is 1. The fourth-order valence-electron chi connectivity index (χ4n) is 3.60. The quantitative estimate of drug-likeness (QED) is 0.719. The molecule has 0 aromatic carbocycles. The number of pyridine rings is 1. The van der Waals surface area contributed by atoms with Gasteiger partial charge in [-0.3, -0.25) is 9.59 Å². The van der Waals surface area contributed by atoms with Gasteiger partial charge in [-0.1, -0.05) is 5.10 Å². The predicted octanol–water partition coefficient (Wildman–Crippen LogP) is 2.50. The average molecular weight is 433 g/mol. The zero-order valence-electron chi connectivity index (χ0n) is 15.5. The molecule has 1 spiro atoms. The maximum absolute atomic E-state index is 13.5. The molecule has 162 valence electrons. The summed E-state index contributed by atoms with van der Waals surface area (Å²) in [5.74, 6) is -3.51. The largest absolute Gasteiger partial charge is 0.431 e. The molecule has 8 nitrogen and oxygen atoms in total. The number of amides is 1. The summed E-state index contributed by atoms with van der Waals surface area (Å²) in [7, 11) is 0. The number of aromatic amines is 1. The number of aromatic nitrogens is 3. The molecule has 1 saturated heterocycles. The average Bonchev–Trinajstić information content (AvgIpc) is 3.04. The SMILES string of the molecule is C[C@H](Nc1nnc(-c2ccc(C(F)(F)F)[nH]c2=O)o1)C(=O)N1CC[C@@]2(C1)CC2(F)F. The van der Waals surface area contributed by atoms with E-state index in [9.17, 15) is 31.5 Å². The van der Waals surface area contributed by atoms with E-state index in [0.717, 1.165) is 6.07 Å². The molecule has 1 aliphatic carbocycles. The molecular weight excluding hydrogens is 417 g/mol. The first kappa shape index (κ1) is 20.3. The minimum Gasteiger partial charge on any atom is -0.403 e. The Morgan fingerprint density at radius 3 is 2.60 bits per heavy atom. The van der Waals surface area contributed by atoms with Crippen LogP contribution in [0.3, 0.4) is 0 Å². The van der Waals surface area contributed by atoms with Gasteiger partial charge in [-0.05, 0) is 25.5 Å². The third kappa shape index (κ3) is 3.41. The molecule has 2 N–H and O–H groups in total. The monoisotopic (exact) mass is 433 g/mol. The van der Waals surface area contributed by atoms with Crippen LogP contribution in [-0.2, 0) is 11.0 Å². The van der Waals surface area contributed by atoms with Gasteiger partial charge in [0.25, 0.3) is 17.4 Å². The van der Waals surface area contributed by atoms with Gasteiger partial charge in [0.15, 0.2) is 0 Å². The Bertz CT molecular complexity index is 1050. The van der Waals surface area contributed by atoms with E-state index in [4.69, 9.17) is 4.42 Å². The standard InChI is InChI=1S/C17H16F5N5O3/c1-8(13(29)27-5-4-15(7-27)6-16(15,18)19)23-14-26-25-12(30-14)9-2-3-10(17(20,21)22)24-11(9)28/h2-3,8H,4-7H2,1H3,(H,23,26)(H,24,28)/t8-,15-/m0/s1. The Kier molecular flexibility index (Phi) is 4.40. The zero-order chi connectivity index (χ0) is 21.9. The van der Waals surface area contributed by atoms with Gasteiger partial charge in [0.05, 0.1) is 5.41 Å². The number of anilines is 1. The van der Waals surface area contributed by atoms with E-state index in [1.165, 1.54) is 11.8 Å². The highest BCUT2D eigenvalue weighted by Gasteiger charge is 2.73. The summed E-state index contributed by atoms with van der Waals surface area (Å²) in [6, 6.07) is 0.437. The van der Waals surface area contributed by atoms with Crippen molar-refractivity contribution in [3.63, 3.8) is 0 Å². The molecule has 0 bridgehead atoms. The van der Waals surface area contributed by atoms with Crippen molar-refractivity contribution >= 4 is 11.9 Å². The molecule has 1 saturated carbocycles. The topological polar surface area (TPSA) is 104 Å². The molecule has 4 rings (SSSR count). The van der Waals surface area contributed by atoms with Crippen molar-refractivity contribution in [1.82, 2.24) is 20.1 Å². The number of hydrogen-bond acceptors (Lipinski definition) is 6. The van der Waals surface area contributed by atoms with Gasteiger partial charge in [-0.15, -0.1) is 5.10 Å². The van der Waals surface area contributed by atoms with Crippen LogP contribution in [0.15, 0.2) is 21.3 Å². The lowest BCUT2D eigenvalue weighted by Gasteiger charge is -2.21. The second-order valence-electron chi connectivity index (χ2n) is 7.56. The lowest BCUT2D eigenvalue weighted by Crippen LogP contribution is -2.40. The first-order chi connectivity index (χ1) is 13.9. The number of rotatable bonds is 4. The fourth-order valence-corrected chi connectivity index (χ4v) is 3.60. The number of nitrogens with zero attached hydrogens (tertiary/aromatic N) is 3. The predicted molar refractivity (Wildman–Crippen MR) is 91.6 cm³/mol. The van der Waals surface area contributed by atoms with E-state index in [-0.39, 0.29) is 43.4 Å². The van der Waals surface area contributed by atoms with Crippen molar-refractivity contribution in [2.45, 2.75) is 37.9 Å². The molecular formula is C17H16F5N5O3. The molecule has 2 fully saturated rings. The van der Waals surface area contributed by atoms with Crippen molar-refractivity contribution in [3.05, 3.63) is 28.2 Å². The summed E-state index contributed by atoms with van der Waals surface area (Å²) < 4.78 is 70.1. The second-order valence-corrected chi connectivity index (χ2v) is 7.56. The maximum Gasteiger partial charge on any atom is 0.431 e. The van der Waals surface area contributed by atoms with Gasteiger partial charge in [0, 0.05) is 19.5 Å². The molecule has 30 heavy (non-hydrogen) atoms. The minimum atomic E-state index is -4.71. The molecule has 3 heterocycles. The first-order valence-electron chi connectivity index (χ1n) is 8.99. The van der Waals surface area contributed by atoms with Crippen LogP contribution in [0.1, 0.15) is 25.5 Å². The zero-order valence-corrected chi connectivity index (χ0v) is 15.5. The summed E-state index contributed by atoms with van der Waals surface area (Å²) in [6.07, 6.45) is -4.70. The highest BCUT2D eigenvalue weighted by Crippen LogP contribution is 2.65. The van der Waals surface area contributed by atoms with Gasteiger partial charge in [0.1, 0.15) is 17.3 Å². The van der Waals surface area contributed by atoms with E-state index >= 15 is 0 Å². The maximum atomic E-state index is 13.5. The Hall–Kier alpha value is -2.99. The van der Waals surface area contributed by atoms with E-state index in [2.05, 4.69) is 15.5 Å². The van der Waals surface area contributed by atoms with Gasteiger partial charge in [-0.2, -0.15) is 13.2 Å². The summed E-state index contributed by atoms with van der Waals surface area (Å²) in [6.45, 7) is 1.67. The summed E-state index contributed by atoms with van der Waals surface area (Å²) in [5.41, 5.74) is -3.70. The Labute approximate surface area is 165 Å². The summed E-state index contributed by atoms with van der Waals surface area (Å²) >= 11 is 0. The minimum absolute atomic E-state index is 0.0269. The van der Waals surface area contributed by atoms with Gasteiger partial charge in [-0.25, -0.2) is 8.78 Å². The smallest absolute Gasteiger partial charge is 0.403 e. The molecule has 2 aliphatic rings. The van der Waals surface area contributed by atoms with E-state index in [1.807, 2.05) is 0 Å². The highest BCUT2D eigenvalue weighted by atomic mass is 19.4. The lowest BCUT2D eigenvalue weighted by molar-refractivity contribution is -0.141. The number of carbonyl (C=O) groups excluding carboxylic acids is 1. The third-order valence-corrected chi connectivity index (χ3v) is 5.46. The van der Waals surface area contributed by atoms with Crippen LogP contribution >= 0.6 is 0 Å². The van der Waals surface area contributed by atoms with Crippen molar-refractivity contribution in [2.24, 2.45) is 5.41 Å². The van der Waals surface area contributed by atoms with Crippen LogP contribution < -0.4 is 10.9 Å². The van der Waals surface area contributed by atoms with Crippen molar-refractivity contribution in [1.29, 1.82) is 0 Å². The molecule has 0 unspecified atom stereocenters. The Morgan fingerprint density at radius 1 is 1.33 bits per heavy atom. The van der Waals surface area contributed by atoms with Crippen LogP contribution in [0.5, 0.6) is 0 Å². The summed E-state index contributed by atoms with van der Waals surface area (Å²) in [5, 5.41) is 9.84. The molecule has 2 aromatic rings. The Morgan fingerprint density at radius 2 is 2.03 bits per heavy atom. The molecule has 1 aliphatic heterocycles. The number of nitrogens with one attached hydrogen (secondary N) is 2. The van der Waals surface area contributed by atoms with Crippen LogP contribution in [0.2, 0.25) is 0 Å². The van der Waals surface area contributed by atoms with E-state index in [1.54, 1.807) is 4.98 Å². The van der Waals surface area contributed by atoms with Crippen LogP contribution in [0, 0.1) is 5.41 Å². The van der Waals surface area contributed by atoms with E-state index in [0.29, 0.717) is 6.07 Å². The highest BCUT2D eigenvalue weighted by molar-refractivity contribution is 5.84. The van der Waals surface area contributed by atoms with Crippen LogP contribution in [-0.4, -0.2) is 51.0 Å². The van der Waals surface area contributed by atoms with Gasteiger partial charge >= 0.3 is 12.2 Å². The summed E-state index contributed by atoms with van der Waals surface area (Å²) in [4.78, 5) is 27.4. The molecule has 0 radical (unpaired) electrons. The van der Waals surface area contributed by atoms with Gasteiger partial charge < -0.3 is 19.6 Å². The Balaban J connectivity index is 1.42. The second kappa shape index (κ2) is 6.51. The molecule has 2 aromatic heterocycles.